The van der Waals surface area contributed by atoms with Crippen molar-refractivity contribution in [2.75, 3.05) is 26.7 Å². The first-order valence-corrected chi connectivity index (χ1v) is 29.2. The summed E-state index contributed by atoms with van der Waals surface area (Å²) in [5.41, 5.74) is 0. The number of hydrogen-bond donors (Lipinski definition) is 0. The first kappa shape index (κ1) is 63.2. The van der Waals surface area contributed by atoms with Crippen LogP contribution in [0.1, 0.15) is 310 Å². The van der Waals surface area contributed by atoms with Gasteiger partial charge in [0.05, 0.1) is 45.9 Å². The molecule has 0 fully saturated rings. The molecule has 0 bridgehead atoms. The molecule has 65 heavy (non-hydrogen) atoms. The Hall–Kier alpha value is -1.81. The lowest BCUT2D eigenvalue weighted by Crippen LogP contribution is -2.48. The third kappa shape index (κ3) is 49.9. The van der Waals surface area contributed by atoms with E-state index in [0.29, 0.717) is 60.4 Å². The summed E-state index contributed by atoms with van der Waals surface area (Å²) >= 11 is 0. The molecule has 0 heterocycles. The van der Waals surface area contributed by atoms with Gasteiger partial charge in [0.25, 0.3) is 0 Å². The smallest absolute Gasteiger partial charge is 0.138 e. The van der Waals surface area contributed by atoms with Crippen molar-refractivity contribution in [3.05, 3.63) is 36.5 Å². The SMILES string of the molecule is CCCCCCCCC=CCCCCCCCC(=O)CC[N+](C)(CCC(=O)CCCCCCCC=CCCCCCCCC)CCC(=O)CCCCCCCC=CCCCCCCCC. The third-order valence-corrected chi connectivity index (χ3v) is 13.9. The predicted octanol–water partition coefficient (Wildman–Crippen LogP) is 19.4. The lowest BCUT2D eigenvalue weighted by atomic mass is 10.0. The van der Waals surface area contributed by atoms with Crippen LogP contribution >= 0.6 is 0 Å². The lowest BCUT2D eigenvalue weighted by Gasteiger charge is -2.34. The minimum atomic E-state index is 0.353. The lowest BCUT2D eigenvalue weighted by molar-refractivity contribution is -0.907. The maximum atomic E-state index is 13.1. The second kappa shape index (κ2) is 51.6. The van der Waals surface area contributed by atoms with Gasteiger partial charge >= 0.3 is 0 Å². The molecule has 0 radical (unpaired) electrons. The summed E-state index contributed by atoms with van der Waals surface area (Å²) in [6.45, 7) is 9.06. The third-order valence-electron chi connectivity index (χ3n) is 13.9. The van der Waals surface area contributed by atoms with E-state index in [4.69, 9.17) is 0 Å². The number of allylic oxidation sites excluding steroid dienone is 6. The molecule has 0 saturated heterocycles. The minimum absolute atomic E-state index is 0.353. The monoisotopic (exact) mass is 909 g/mol. The van der Waals surface area contributed by atoms with Gasteiger partial charge in [0.1, 0.15) is 17.3 Å². The molecule has 0 aliphatic rings. The van der Waals surface area contributed by atoms with Gasteiger partial charge in [-0.25, -0.2) is 0 Å². The Morgan fingerprint density at radius 3 is 0.662 bits per heavy atom. The number of ketones is 3. The highest BCUT2D eigenvalue weighted by atomic mass is 16.1. The molecule has 0 amide bonds. The molecular formula is C61H114NO3+. The molecular weight excluding hydrogens is 795 g/mol. The van der Waals surface area contributed by atoms with Crippen LogP contribution in [-0.2, 0) is 14.4 Å². The van der Waals surface area contributed by atoms with E-state index in [1.165, 1.54) is 212 Å². The largest absolute Gasteiger partial charge is 0.325 e. The van der Waals surface area contributed by atoms with Crippen LogP contribution in [0.15, 0.2) is 36.5 Å². The van der Waals surface area contributed by atoms with Crippen LogP contribution in [0.3, 0.4) is 0 Å². The van der Waals surface area contributed by atoms with Crippen molar-refractivity contribution in [2.45, 2.75) is 310 Å². The molecule has 0 spiro atoms. The fraction of sp³-hybridized carbons (Fsp3) is 0.852. The summed E-state index contributed by atoms with van der Waals surface area (Å²) in [4.78, 5) is 39.2. The number of hydrogen-bond acceptors (Lipinski definition) is 3. The molecule has 0 aromatic carbocycles. The highest BCUT2D eigenvalue weighted by molar-refractivity contribution is 5.79. The zero-order valence-electron chi connectivity index (χ0n) is 44.6. The normalized spacial score (nSPS) is 12.9. The van der Waals surface area contributed by atoms with Crippen LogP contribution in [0.25, 0.3) is 0 Å². The fourth-order valence-corrected chi connectivity index (χ4v) is 9.07. The zero-order valence-corrected chi connectivity index (χ0v) is 44.6. The summed E-state index contributed by atoms with van der Waals surface area (Å²) < 4.78 is 0.661. The number of carbonyl (C=O) groups excluding carboxylic acids is 3. The quantitative estimate of drug-likeness (QED) is 0.0347. The van der Waals surface area contributed by atoms with E-state index in [-0.39, 0.29) is 0 Å². The second-order valence-corrected chi connectivity index (χ2v) is 20.7. The molecule has 0 saturated carbocycles. The second-order valence-electron chi connectivity index (χ2n) is 20.7. The van der Waals surface area contributed by atoms with Crippen LogP contribution in [0.5, 0.6) is 0 Å². The van der Waals surface area contributed by atoms with Crippen molar-refractivity contribution in [1.82, 2.24) is 0 Å². The van der Waals surface area contributed by atoms with Crippen LogP contribution in [0.2, 0.25) is 0 Å². The Morgan fingerprint density at radius 2 is 0.446 bits per heavy atom. The van der Waals surface area contributed by atoms with E-state index in [9.17, 15) is 14.4 Å². The van der Waals surface area contributed by atoms with Gasteiger partial charge in [-0.2, -0.15) is 0 Å². The highest BCUT2D eigenvalue weighted by Gasteiger charge is 2.25. The molecule has 0 aliphatic carbocycles. The molecule has 0 aromatic heterocycles. The van der Waals surface area contributed by atoms with Gasteiger partial charge in [0.15, 0.2) is 0 Å². The number of carbonyl (C=O) groups is 3. The van der Waals surface area contributed by atoms with Crippen molar-refractivity contribution in [1.29, 1.82) is 0 Å². The number of nitrogens with zero attached hydrogens (tertiary/aromatic N) is 1. The van der Waals surface area contributed by atoms with Gasteiger partial charge in [-0.1, -0.05) is 211 Å². The number of unbranched alkanes of at least 4 members (excludes halogenated alkanes) is 33. The molecule has 380 valence electrons. The fourth-order valence-electron chi connectivity index (χ4n) is 9.07. The van der Waals surface area contributed by atoms with Crippen molar-refractivity contribution in [3.8, 4) is 0 Å². The summed E-state index contributed by atoms with van der Waals surface area (Å²) in [5, 5.41) is 0. The molecule has 4 nitrogen and oxygen atoms in total. The maximum absolute atomic E-state index is 13.1. The van der Waals surface area contributed by atoms with E-state index in [1.54, 1.807) is 0 Å². The summed E-state index contributed by atoms with van der Waals surface area (Å²) in [6, 6.07) is 0. The summed E-state index contributed by atoms with van der Waals surface area (Å²) in [5.74, 6) is 1.06. The van der Waals surface area contributed by atoms with Gasteiger partial charge in [0, 0.05) is 19.3 Å². The van der Waals surface area contributed by atoms with Crippen molar-refractivity contribution >= 4 is 17.3 Å². The summed E-state index contributed by atoms with van der Waals surface area (Å²) in [7, 11) is 2.19. The van der Waals surface area contributed by atoms with Crippen LogP contribution in [0.4, 0.5) is 0 Å². The number of rotatable bonds is 54. The van der Waals surface area contributed by atoms with Crippen LogP contribution < -0.4 is 0 Å². The Bertz CT molecular complexity index is 984. The number of Topliss-reactive ketones (excluding diaryl/α,β-unsaturated/α-hetero) is 3. The molecule has 0 unspecified atom stereocenters. The molecule has 0 aliphatic heterocycles. The Kier molecular flexibility index (Phi) is 50.1. The minimum Gasteiger partial charge on any atom is -0.325 e. The van der Waals surface area contributed by atoms with Crippen molar-refractivity contribution in [3.63, 3.8) is 0 Å². The standard InChI is InChI=1S/C61H114NO3/c1-5-8-11-14-17-20-23-26-29-32-35-38-41-44-47-50-59(63)53-56-62(4,57-54-60(64)51-48-45-42-39-36-33-30-27-24-21-18-15-12-9-6-2)58-55-61(65)52-49-46-43-40-37-34-31-28-25-22-19-16-13-10-7-3/h26-31H,5-25,32-58H2,1-4H3/q+1. The van der Waals surface area contributed by atoms with E-state index < -0.39 is 0 Å². The van der Waals surface area contributed by atoms with Crippen LogP contribution in [-0.4, -0.2) is 48.5 Å². The highest BCUT2D eigenvalue weighted by Crippen LogP contribution is 2.17. The van der Waals surface area contributed by atoms with E-state index in [0.717, 1.165) is 58.2 Å². The molecule has 0 N–H and O–H groups in total. The average Bonchev–Trinajstić information content (AvgIpc) is 3.30. The molecule has 0 aromatic rings. The zero-order chi connectivity index (χ0) is 47.4. The van der Waals surface area contributed by atoms with Gasteiger partial charge in [-0.15, -0.1) is 0 Å². The van der Waals surface area contributed by atoms with E-state index in [1.807, 2.05) is 0 Å². The van der Waals surface area contributed by atoms with Gasteiger partial charge in [-0.05, 0) is 96.3 Å². The number of quaternary nitrogens is 1. The van der Waals surface area contributed by atoms with E-state index >= 15 is 0 Å². The molecule has 0 rings (SSSR count). The summed E-state index contributed by atoms with van der Waals surface area (Å²) in [6.07, 6.45) is 67.3. The van der Waals surface area contributed by atoms with Crippen molar-refractivity contribution in [2.24, 2.45) is 0 Å². The van der Waals surface area contributed by atoms with Gasteiger partial charge < -0.3 is 4.48 Å². The van der Waals surface area contributed by atoms with E-state index in [2.05, 4.69) is 64.3 Å². The topological polar surface area (TPSA) is 51.2 Å². The van der Waals surface area contributed by atoms with Gasteiger partial charge in [-0.3, -0.25) is 14.4 Å². The molecule has 0 atom stereocenters. The van der Waals surface area contributed by atoms with Crippen LogP contribution in [0, 0.1) is 0 Å². The Labute approximate surface area is 407 Å². The predicted molar refractivity (Wildman–Crippen MR) is 288 cm³/mol. The Morgan fingerprint density at radius 1 is 0.262 bits per heavy atom. The van der Waals surface area contributed by atoms with Crippen molar-refractivity contribution < 1.29 is 18.9 Å². The Balaban J connectivity index is 4.51. The molecule has 4 heteroatoms. The maximum Gasteiger partial charge on any atom is 0.138 e. The average molecular weight is 910 g/mol. The first-order chi connectivity index (χ1) is 31.9. The van der Waals surface area contributed by atoms with Gasteiger partial charge in [0.2, 0.25) is 0 Å². The first-order valence-electron chi connectivity index (χ1n) is 29.2.